The van der Waals surface area contributed by atoms with Crippen molar-refractivity contribution in [2.24, 2.45) is 11.8 Å². The number of nitrogens with one attached hydrogen (secondary N) is 1. The van der Waals surface area contributed by atoms with Gasteiger partial charge in [-0.2, -0.15) is 0 Å². The van der Waals surface area contributed by atoms with Crippen molar-refractivity contribution in [3.05, 3.63) is 29.8 Å². The maximum absolute atomic E-state index is 14.0. The van der Waals surface area contributed by atoms with Gasteiger partial charge in [-0.25, -0.2) is 8.78 Å². The van der Waals surface area contributed by atoms with Crippen LogP contribution in [0.3, 0.4) is 0 Å². The molecule has 1 atom stereocenters. The van der Waals surface area contributed by atoms with E-state index in [4.69, 9.17) is 0 Å². The van der Waals surface area contributed by atoms with Crippen LogP contribution in [0.15, 0.2) is 18.2 Å². The summed E-state index contributed by atoms with van der Waals surface area (Å²) in [5, 5.41) is 3.34. The molecule has 1 aromatic rings. The van der Waals surface area contributed by atoms with E-state index in [-0.39, 0.29) is 42.9 Å². The van der Waals surface area contributed by atoms with Crippen molar-refractivity contribution in [1.82, 2.24) is 10.2 Å². The number of hydrogen-bond acceptors (Lipinski definition) is 3. The molecule has 5 nitrogen and oxygen atoms in total. The van der Waals surface area contributed by atoms with Gasteiger partial charge in [-0.05, 0) is 44.0 Å². The molecular weight excluding hydrogens is 376 g/mol. The molecule has 3 rings (SSSR count). The number of amides is 2. The average Bonchev–Trinajstić information content (AvgIpc) is 3.01. The molecule has 0 bridgehead atoms. The zero-order valence-electron chi connectivity index (χ0n) is 15.4. The van der Waals surface area contributed by atoms with Gasteiger partial charge in [-0.3, -0.25) is 9.59 Å². The first-order valence-electron chi connectivity index (χ1n) is 9.24. The minimum absolute atomic E-state index is 0. The topological polar surface area (TPSA) is 52.7 Å². The fraction of sp³-hybridized carbons (Fsp3) is 0.579. The minimum atomic E-state index is -0.782. The summed E-state index contributed by atoms with van der Waals surface area (Å²) in [4.78, 5) is 28.1. The molecule has 27 heavy (non-hydrogen) atoms. The van der Waals surface area contributed by atoms with Gasteiger partial charge in [0.25, 0.3) is 0 Å². The summed E-state index contributed by atoms with van der Waals surface area (Å²) in [6.07, 6.45) is 1.98. The summed E-state index contributed by atoms with van der Waals surface area (Å²) in [5.41, 5.74) is 0.0380. The Balaban J connectivity index is 0.00000261. The molecule has 2 saturated heterocycles. The van der Waals surface area contributed by atoms with Crippen LogP contribution in [0.4, 0.5) is 14.5 Å². The summed E-state index contributed by atoms with van der Waals surface area (Å²) in [7, 11) is 0. The lowest BCUT2D eigenvalue weighted by molar-refractivity contribution is -0.137. The van der Waals surface area contributed by atoms with Crippen LogP contribution in [-0.2, 0) is 9.59 Å². The van der Waals surface area contributed by atoms with Crippen molar-refractivity contribution in [2.75, 3.05) is 37.6 Å². The number of carbonyl (C=O) groups excluding carboxylic acids is 2. The SMILES string of the molecule is CCNCC1CCN(C(=O)C2CC(=O)N(c3ccc(F)cc3F)C2)CC1.Cl. The number of rotatable bonds is 5. The van der Waals surface area contributed by atoms with Gasteiger partial charge in [0.05, 0.1) is 11.6 Å². The second-order valence-corrected chi connectivity index (χ2v) is 7.08. The number of carbonyl (C=O) groups is 2. The van der Waals surface area contributed by atoms with Crippen LogP contribution in [0.2, 0.25) is 0 Å². The van der Waals surface area contributed by atoms with Crippen molar-refractivity contribution in [3.63, 3.8) is 0 Å². The normalized spacial score (nSPS) is 20.7. The highest BCUT2D eigenvalue weighted by molar-refractivity contribution is 6.00. The Morgan fingerprint density at radius 1 is 1.26 bits per heavy atom. The molecule has 2 aliphatic rings. The molecule has 8 heteroatoms. The predicted octanol–water partition coefficient (Wildman–Crippen LogP) is 2.59. The lowest BCUT2D eigenvalue weighted by atomic mass is 9.95. The Labute approximate surface area is 164 Å². The number of nitrogens with zero attached hydrogens (tertiary/aromatic N) is 2. The van der Waals surface area contributed by atoms with Crippen LogP contribution in [0.25, 0.3) is 0 Å². The second-order valence-electron chi connectivity index (χ2n) is 7.08. The van der Waals surface area contributed by atoms with Crippen LogP contribution in [0.1, 0.15) is 26.2 Å². The van der Waals surface area contributed by atoms with E-state index >= 15 is 0 Å². The van der Waals surface area contributed by atoms with E-state index in [2.05, 4.69) is 12.2 Å². The molecule has 2 aliphatic heterocycles. The van der Waals surface area contributed by atoms with E-state index in [1.54, 1.807) is 0 Å². The molecule has 150 valence electrons. The largest absolute Gasteiger partial charge is 0.342 e. The lowest BCUT2D eigenvalue weighted by Gasteiger charge is -2.33. The van der Waals surface area contributed by atoms with Crippen LogP contribution >= 0.6 is 12.4 Å². The summed E-state index contributed by atoms with van der Waals surface area (Å²) in [6, 6.07) is 3.13. The van der Waals surface area contributed by atoms with Gasteiger partial charge in [0.1, 0.15) is 11.6 Å². The van der Waals surface area contributed by atoms with Gasteiger partial charge >= 0.3 is 0 Å². The fourth-order valence-corrected chi connectivity index (χ4v) is 3.77. The van der Waals surface area contributed by atoms with Gasteiger partial charge < -0.3 is 15.1 Å². The third-order valence-corrected chi connectivity index (χ3v) is 5.28. The summed E-state index contributed by atoms with van der Waals surface area (Å²) >= 11 is 0. The molecule has 0 radical (unpaired) electrons. The van der Waals surface area contributed by atoms with E-state index in [0.717, 1.165) is 38.1 Å². The molecule has 2 amide bonds. The van der Waals surface area contributed by atoms with Crippen LogP contribution in [0, 0.1) is 23.5 Å². The smallest absolute Gasteiger partial charge is 0.228 e. The molecule has 1 unspecified atom stereocenters. The van der Waals surface area contributed by atoms with E-state index in [9.17, 15) is 18.4 Å². The number of benzene rings is 1. The Morgan fingerprint density at radius 3 is 2.59 bits per heavy atom. The second kappa shape index (κ2) is 9.46. The molecule has 0 spiro atoms. The molecule has 0 aliphatic carbocycles. The first-order valence-corrected chi connectivity index (χ1v) is 9.24. The third-order valence-electron chi connectivity index (χ3n) is 5.28. The van der Waals surface area contributed by atoms with E-state index in [1.807, 2.05) is 4.90 Å². The highest BCUT2D eigenvalue weighted by atomic mass is 35.5. The standard InChI is InChI=1S/C19H25F2N3O2.ClH/c1-2-22-11-13-5-7-23(8-6-13)19(26)14-9-18(25)24(12-14)17-4-3-15(20)10-16(17)21;/h3-4,10,13-14,22H,2,5-9,11-12H2,1H3;1H. The lowest BCUT2D eigenvalue weighted by Crippen LogP contribution is -2.44. The van der Waals surface area contributed by atoms with E-state index in [0.29, 0.717) is 19.0 Å². The van der Waals surface area contributed by atoms with Crippen molar-refractivity contribution in [3.8, 4) is 0 Å². The maximum atomic E-state index is 14.0. The Bertz CT molecular complexity index is 681. The van der Waals surface area contributed by atoms with Crippen molar-refractivity contribution in [2.45, 2.75) is 26.2 Å². The molecule has 0 saturated carbocycles. The van der Waals surface area contributed by atoms with Gasteiger partial charge in [0.2, 0.25) is 11.8 Å². The van der Waals surface area contributed by atoms with Crippen molar-refractivity contribution < 1.29 is 18.4 Å². The highest BCUT2D eigenvalue weighted by Crippen LogP contribution is 2.29. The number of piperidine rings is 1. The molecule has 2 fully saturated rings. The van der Waals surface area contributed by atoms with Gasteiger partial charge in [0.15, 0.2) is 0 Å². The first kappa shape index (κ1) is 21.6. The zero-order valence-corrected chi connectivity index (χ0v) is 16.2. The van der Waals surface area contributed by atoms with Gasteiger partial charge in [-0.15, -0.1) is 12.4 Å². The Kier molecular flexibility index (Phi) is 7.56. The summed E-state index contributed by atoms with van der Waals surface area (Å²) in [6.45, 7) is 5.54. The van der Waals surface area contributed by atoms with Crippen molar-refractivity contribution >= 4 is 29.9 Å². The molecule has 1 aromatic carbocycles. The minimum Gasteiger partial charge on any atom is -0.342 e. The molecule has 2 heterocycles. The fourth-order valence-electron chi connectivity index (χ4n) is 3.77. The number of likely N-dealkylation sites (tertiary alicyclic amines) is 1. The summed E-state index contributed by atoms with van der Waals surface area (Å²) < 4.78 is 27.0. The van der Waals surface area contributed by atoms with Gasteiger partial charge in [0, 0.05) is 32.1 Å². The first-order chi connectivity index (χ1) is 12.5. The Hall–Kier alpha value is -1.73. The van der Waals surface area contributed by atoms with Gasteiger partial charge in [-0.1, -0.05) is 6.92 Å². The summed E-state index contributed by atoms with van der Waals surface area (Å²) in [5.74, 6) is -1.69. The maximum Gasteiger partial charge on any atom is 0.228 e. The molecule has 1 N–H and O–H groups in total. The monoisotopic (exact) mass is 401 g/mol. The van der Waals surface area contributed by atoms with Crippen LogP contribution in [0.5, 0.6) is 0 Å². The van der Waals surface area contributed by atoms with Crippen LogP contribution < -0.4 is 10.2 Å². The predicted molar refractivity (Wildman–Crippen MR) is 102 cm³/mol. The number of anilines is 1. The zero-order chi connectivity index (χ0) is 18.7. The quantitative estimate of drug-likeness (QED) is 0.825. The average molecular weight is 402 g/mol. The van der Waals surface area contributed by atoms with Crippen molar-refractivity contribution in [1.29, 1.82) is 0 Å². The number of hydrogen-bond donors (Lipinski definition) is 1. The van der Waals surface area contributed by atoms with E-state index in [1.165, 1.54) is 11.0 Å². The third kappa shape index (κ3) is 4.96. The number of halogens is 3. The van der Waals surface area contributed by atoms with E-state index < -0.39 is 17.6 Å². The molecule has 0 aromatic heterocycles. The Morgan fingerprint density at radius 2 is 1.96 bits per heavy atom. The molecular formula is C19H26ClF2N3O2. The highest BCUT2D eigenvalue weighted by Gasteiger charge is 2.38. The van der Waals surface area contributed by atoms with Crippen LogP contribution in [-0.4, -0.2) is 49.4 Å².